The number of aromatic nitrogens is 4. The number of amides is 4. The number of carbonyl (C=O) groups is 8. The van der Waals surface area contributed by atoms with Gasteiger partial charge in [0.05, 0.1) is 65.2 Å². The highest BCUT2D eigenvalue weighted by Gasteiger charge is 2.31. The Labute approximate surface area is 807 Å². The van der Waals surface area contributed by atoms with Crippen LogP contribution in [0.4, 0.5) is 36.4 Å². The fourth-order valence-corrected chi connectivity index (χ4v) is 14.6. The molecule has 0 unspecified atom stereocenters. The SMILES string of the molecule is CN=C(C)c1ccc(C(=O)Cc2c(OC)cc(Cl)cc2C(=O)Nc2ccc(Cl)cn2)c(F)c1.CN=C(C)c1ccc(C(=O)Cc2c(OC)cc(Cl)cc2C(=O)Nc2ccc(Cl)cn2)cc1.COc1cc(Cl)cc(C(=O)Nc2ccc(Cl)cn2)c1CC(=O)c1ccc(C(=N)N2CC2)cc1F.COc1cc(Cl)cc(C(=O)Nc2ccc(Cl)cn2)c1CC(=O)c1ccc(C(=N)N2CCC2)cc1F. The van der Waals surface area contributed by atoms with Gasteiger partial charge in [-0.15, -0.1) is 0 Å². The van der Waals surface area contributed by atoms with Gasteiger partial charge in [-0.05, 0) is 165 Å². The van der Waals surface area contributed by atoms with Gasteiger partial charge in [0.25, 0.3) is 23.6 Å². The normalized spacial score (nSPS) is 11.9. The second-order valence-electron chi connectivity index (χ2n) is 29.5. The molecule has 0 atom stereocenters. The van der Waals surface area contributed by atoms with Crippen LogP contribution in [0, 0.1) is 28.3 Å². The summed E-state index contributed by atoms with van der Waals surface area (Å²) < 4.78 is 65.9. The van der Waals surface area contributed by atoms with Gasteiger partial charge in [0.2, 0.25) is 0 Å². The molecule has 6 N–H and O–H groups in total. The van der Waals surface area contributed by atoms with Crippen molar-refractivity contribution in [3.63, 3.8) is 0 Å². The molecule has 37 heteroatoms. The first-order valence-electron chi connectivity index (χ1n) is 40.4. The lowest BCUT2D eigenvalue weighted by Crippen LogP contribution is -2.42. The third-order valence-electron chi connectivity index (χ3n) is 20.8. The highest BCUT2D eigenvalue weighted by Crippen LogP contribution is 2.36. The topological polar surface area (TPSA) is 352 Å². The van der Waals surface area contributed by atoms with E-state index in [2.05, 4.69) is 51.2 Å². The minimum absolute atomic E-state index is 0.0443. The van der Waals surface area contributed by atoms with Crippen LogP contribution in [0.2, 0.25) is 40.2 Å². The summed E-state index contributed by atoms with van der Waals surface area (Å²) in [5, 5.41) is 29.5. The molecular weight excluding hydrogens is 1890 g/mol. The van der Waals surface area contributed by atoms with Crippen molar-refractivity contribution in [2.24, 2.45) is 9.98 Å². The second kappa shape index (κ2) is 46.7. The molecule has 2 aliphatic rings. The van der Waals surface area contributed by atoms with Crippen LogP contribution < -0.4 is 40.2 Å². The molecule has 2 aliphatic heterocycles. The Hall–Kier alpha value is -13.5. The van der Waals surface area contributed by atoms with Crippen molar-refractivity contribution in [1.82, 2.24) is 29.7 Å². The van der Waals surface area contributed by atoms with Gasteiger partial charge in [-0.1, -0.05) is 135 Å². The standard InChI is InChI=1S/C25H21Cl2FN4O3.C24H19Cl2FN4O3.C24H20Cl2FN3O3.C24H21Cl2N3O3/c1-35-22-11-16(27)10-19(25(34)31-23-6-4-15(26)13-30-23)18(22)12-21(33)17-5-3-14(9-20(17)28)24(29)32-7-2-8-32;1-34-21-10-15(26)9-18(24(33)30-22-5-3-14(25)12-29-22)17(21)11-20(32)16-4-2-13(8-19(16)27)23(28)31-6-7-31;1-13(28-2)14-4-6-17(20(27)8-14)21(31)11-18-19(9-16(26)10-22(18)33-3)24(32)30-23-7-5-15(25)12-29-23;1-14(27-2)15-4-6-16(7-5-15)21(30)12-19-20(10-18(26)11-22(19)32-3)24(31)29-23-9-8-17(25)13-28-23/h3-6,9-11,13,29H,2,7-8,12H2,1H3,(H,30,31,34);2-5,8-10,12,28H,6-7,11H2,1H3,(H,29,30,33);4-10,12H,11H2,1-3H3,(H,29,30,32);4-11,13H,12H2,1-3H3,(H,28,29,31). The number of amidine groups is 2. The zero-order chi connectivity index (χ0) is 96.9. The smallest absolute Gasteiger partial charge is 0.257 e. The van der Waals surface area contributed by atoms with Gasteiger partial charge in [0.1, 0.15) is 75.4 Å². The lowest BCUT2D eigenvalue weighted by Gasteiger charge is -2.33. The maximum absolute atomic E-state index is 14.9. The second-order valence-corrected chi connectivity index (χ2v) is 33.0. The summed E-state index contributed by atoms with van der Waals surface area (Å²) in [6.07, 6.45) is 5.63. The molecule has 12 aromatic rings. The summed E-state index contributed by atoms with van der Waals surface area (Å²) in [7, 11) is 8.95. The molecule has 2 fully saturated rings. The Morgan fingerprint density at radius 1 is 0.328 bits per heavy atom. The number of hydrogen-bond acceptors (Lipinski definition) is 20. The van der Waals surface area contributed by atoms with Crippen molar-refractivity contribution >= 4 is 186 Å². The van der Waals surface area contributed by atoms with Crippen LogP contribution in [0.1, 0.15) is 148 Å². The van der Waals surface area contributed by atoms with Crippen molar-refractivity contribution < 1.29 is 70.5 Å². The molecule has 6 heterocycles. The van der Waals surface area contributed by atoms with E-state index in [1.807, 2.05) is 24.0 Å². The number of halogens is 11. The van der Waals surface area contributed by atoms with Crippen molar-refractivity contribution in [2.75, 3.05) is 90.0 Å². The Kier molecular flexibility index (Phi) is 35.2. The van der Waals surface area contributed by atoms with E-state index >= 15 is 0 Å². The monoisotopic (exact) mass is 1970 g/mol. The number of benzene rings is 8. The third kappa shape index (κ3) is 26.5. The quantitative estimate of drug-likeness (QED) is 0.0115. The predicted molar refractivity (Wildman–Crippen MR) is 516 cm³/mol. The lowest BCUT2D eigenvalue weighted by atomic mass is 9.96. The van der Waals surface area contributed by atoms with Crippen LogP contribution in [-0.2, 0) is 25.7 Å². The van der Waals surface area contributed by atoms with E-state index in [-0.39, 0.29) is 149 Å². The van der Waals surface area contributed by atoms with Crippen LogP contribution in [-0.4, -0.2) is 168 Å². The molecule has 2 saturated heterocycles. The van der Waals surface area contributed by atoms with Gasteiger partial charge in [-0.3, -0.25) is 59.2 Å². The number of hydrogen-bond donors (Lipinski definition) is 6. The zero-order valence-corrected chi connectivity index (χ0v) is 78.6. The number of likely N-dealkylation sites (tertiary alicyclic amines) is 1. The van der Waals surface area contributed by atoms with E-state index in [0.29, 0.717) is 70.2 Å². The molecular formula is C97H81Cl8F3N14O12. The highest BCUT2D eigenvalue weighted by atomic mass is 35.5. The minimum Gasteiger partial charge on any atom is -0.496 e. The van der Waals surface area contributed by atoms with Crippen molar-refractivity contribution in [3.05, 3.63) is 347 Å². The van der Waals surface area contributed by atoms with Gasteiger partial charge >= 0.3 is 0 Å². The van der Waals surface area contributed by atoms with Gasteiger partial charge in [-0.25, -0.2) is 33.1 Å². The van der Waals surface area contributed by atoms with E-state index in [9.17, 15) is 51.5 Å². The molecule has 26 nitrogen and oxygen atoms in total. The van der Waals surface area contributed by atoms with Gasteiger partial charge in [0, 0.05) is 183 Å². The van der Waals surface area contributed by atoms with Crippen molar-refractivity contribution in [3.8, 4) is 23.0 Å². The number of anilines is 4. The van der Waals surface area contributed by atoms with E-state index < -0.39 is 58.4 Å². The number of pyridine rings is 4. The largest absolute Gasteiger partial charge is 0.496 e. The van der Waals surface area contributed by atoms with E-state index in [0.717, 1.165) is 43.9 Å². The first kappa shape index (κ1) is 101. The van der Waals surface area contributed by atoms with Crippen LogP contribution in [0.3, 0.4) is 0 Å². The zero-order valence-electron chi connectivity index (χ0n) is 72.6. The number of carbonyl (C=O) groups excluding carboxylic acids is 8. The number of nitrogens with zero attached hydrogens (tertiary/aromatic N) is 8. The maximum Gasteiger partial charge on any atom is 0.257 e. The molecule has 0 aliphatic carbocycles. The van der Waals surface area contributed by atoms with Crippen molar-refractivity contribution in [1.29, 1.82) is 10.8 Å². The Bertz CT molecular complexity index is 6600. The average molecular weight is 1980 g/mol. The number of ether oxygens (including phenoxy) is 4. The summed E-state index contributed by atoms with van der Waals surface area (Å²) >= 11 is 48.0. The number of Topliss-reactive ketones (excluding diaryl/α,β-unsaturated/α-hetero) is 4. The Morgan fingerprint density at radius 2 is 0.582 bits per heavy atom. The number of nitrogens with one attached hydrogen (secondary N) is 6. The molecule has 8 aromatic carbocycles. The summed E-state index contributed by atoms with van der Waals surface area (Å²) in [5.41, 5.74) is 5.67. The number of rotatable bonds is 28. The van der Waals surface area contributed by atoms with Crippen LogP contribution >= 0.6 is 92.8 Å². The molecule has 4 aromatic heterocycles. The number of ketones is 4. The fourth-order valence-electron chi connectivity index (χ4n) is 13.4. The molecule has 134 heavy (non-hydrogen) atoms. The summed E-state index contributed by atoms with van der Waals surface area (Å²) in [6.45, 7) is 6.68. The first-order valence-corrected chi connectivity index (χ1v) is 43.4. The summed E-state index contributed by atoms with van der Waals surface area (Å²) in [5.74, 6) is -3.56. The Balaban J connectivity index is 0.000000172. The first-order chi connectivity index (χ1) is 64.1. The van der Waals surface area contributed by atoms with Gasteiger partial charge in [0.15, 0.2) is 23.1 Å². The van der Waals surface area contributed by atoms with E-state index in [1.54, 1.807) is 86.6 Å². The molecule has 14 rings (SSSR count). The molecule has 0 saturated carbocycles. The van der Waals surface area contributed by atoms with Crippen LogP contribution in [0.25, 0.3) is 0 Å². The van der Waals surface area contributed by atoms with Gasteiger partial charge < -0.3 is 50.0 Å². The summed E-state index contributed by atoms with van der Waals surface area (Å²) in [6, 6.07) is 43.9. The minimum atomic E-state index is -0.738. The molecule has 688 valence electrons. The van der Waals surface area contributed by atoms with Crippen molar-refractivity contribution in [2.45, 2.75) is 46.0 Å². The van der Waals surface area contributed by atoms with Crippen LogP contribution in [0.15, 0.2) is 211 Å². The third-order valence-corrected chi connectivity index (χ3v) is 22.5. The van der Waals surface area contributed by atoms with Gasteiger partial charge in [-0.2, -0.15) is 0 Å². The van der Waals surface area contributed by atoms with E-state index in [1.165, 1.54) is 156 Å². The highest BCUT2D eigenvalue weighted by molar-refractivity contribution is 6.34. The van der Waals surface area contributed by atoms with E-state index in [4.69, 9.17) is 123 Å². The Morgan fingerprint density at radius 3 is 0.828 bits per heavy atom. The average Bonchev–Trinajstić information content (AvgIpc) is 1.72. The fraction of sp³-hybridized carbons (Fsp3) is 0.175. The molecule has 0 bridgehead atoms. The molecule has 4 amide bonds. The number of aliphatic imine (C=N–C) groups is 2. The van der Waals surface area contributed by atoms with Crippen LogP contribution in [0.5, 0.6) is 23.0 Å². The molecule has 0 radical (unpaired) electrons. The lowest BCUT2D eigenvalue weighted by molar-refractivity contribution is 0.0975. The molecule has 0 spiro atoms. The summed E-state index contributed by atoms with van der Waals surface area (Å²) in [4.78, 5) is 132. The number of methoxy groups -OCH3 is 4. The predicted octanol–water partition coefficient (Wildman–Crippen LogP) is 21.3. The maximum atomic E-state index is 14.9.